The minimum atomic E-state index is -3.52. The lowest BCUT2D eigenvalue weighted by atomic mass is 10.1. The van der Waals surface area contributed by atoms with Crippen molar-refractivity contribution >= 4 is 15.9 Å². The van der Waals surface area contributed by atoms with Crippen molar-refractivity contribution in [3.05, 3.63) is 65.2 Å². The van der Waals surface area contributed by atoms with E-state index >= 15 is 0 Å². The first-order valence-electron chi connectivity index (χ1n) is 10.8. The van der Waals surface area contributed by atoms with Crippen molar-refractivity contribution in [3.63, 3.8) is 0 Å². The predicted octanol–water partition coefficient (Wildman–Crippen LogP) is 4.36. The third kappa shape index (κ3) is 4.44. The van der Waals surface area contributed by atoms with E-state index in [1.165, 1.54) is 5.56 Å². The molecule has 1 heterocycles. The number of aryl methyl sites for hydroxylation is 1. The Morgan fingerprint density at radius 1 is 1.00 bits per heavy atom. The normalized spacial score (nSPS) is 20.1. The van der Waals surface area contributed by atoms with E-state index in [4.69, 9.17) is 0 Å². The van der Waals surface area contributed by atoms with Crippen molar-refractivity contribution in [2.75, 3.05) is 6.54 Å². The smallest absolute Gasteiger partial charge is 0.254 e. The van der Waals surface area contributed by atoms with Gasteiger partial charge in [-0.25, -0.2) is 8.42 Å². The van der Waals surface area contributed by atoms with Crippen LogP contribution in [0.1, 0.15) is 60.5 Å². The topological polar surface area (TPSA) is 57.7 Å². The minimum absolute atomic E-state index is 0.0184. The van der Waals surface area contributed by atoms with Crippen LogP contribution in [0.25, 0.3) is 0 Å². The second-order valence-electron chi connectivity index (χ2n) is 8.63. The van der Waals surface area contributed by atoms with E-state index in [-0.39, 0.29) is 22.9 Å². The first-order valence-corrected chi connectivity index (χ1v) is 12.3. The predicted molar refractivity (Wildman–Crippen MR) is 118 cm³/mol. The van der Waals surface area contributed by atoms with Gasteiger partial charge in [-0.2, -0.15) is 4.31 Å². The summed E-state index contributed by atoms with van der Waals surface area (Å²) < 4.78 is 27.7. The number of hydrogen-bond donors (Lipinski definition) is 0. The summed E-state index contributed by atoms with van der Waals surface area (Å²) in [6, 6.07) is 15.0. The van der Waals surface area contributed by atoms with E-state index in [0.29, 0.717) is 18.7 Å². The highest BCUT2D eigenvalue weighted by molar-refractivity contribution is 7.89. The van der Waals surface area contributed by atoms with Crippen LogP contribution in [0.3, 0.4) is 0 Å². The quantitative estimate of drug-likeness (QED) is 0.689. The number of benzene rings is 2. The molecule has 1 aliphatic carbocycles. The van der Waals surface area contributed by atoms with Gasteiger partial charge in [0.1, 0.15) is 0 Å². The zero-order valence-electron chi connectivity index (χ0n) is 17.8. The molecule has 6 heteroatoms. The monoisotopic (exact) mass is 426 g/mol. The largest absolute Gasteiger partial charge is 0.331 e. The number of rotatable bonds is 6. The van der Waals surface area contributed by atoms with Crippen molar-refractivity contribution < 1.29 is 13.2 Å². The number of nitrogens with zero attached hydrogens (tertiary/aromatic N) is 2. The lowest BCUT2D eigenvalue weighted by Gasteiger charge is -2.32. The summed E-state index contributed by atoms with van der Waals surface area (Å²) in [5.74, 6) is -0.0339. The Morgan fingerprint density at radius 2 is 1.67 bits per heavy atom. The number of carbonyl (C=O) groups is 1. The van der Waals surface area contributed by atoms with Crippen molar-refractivity contribution in [1.82, 2.24) is 9.21 Å². The van der Waals surface area contributed by atoms with Gasteiger partial charge in [-0.05, 0) is 69.4 Å². The first kappa shape index (κ1) is 21.1. The molecule has 5 nitrogen and oxygen atoms in total. The summed E-state index contributed by atoms with van der Waals surface area (Å²) in [4.78, 5) is 15.4. The molecular weight excluding hydrogens is 396 g/mol. The maximum atomic E-state index is 13.2. The fourth-order valence-electron chi connectivity index (χ4n) is 4.14. The summed E-state index contributed by atoms with van der Waals surface area (Å²) in [7, 11) is -3.52. The molecule has 1 saturated carbocycles. The average molecular weight is 427 g/mol. The molecule has 0 spiro atoms. The Labute approximate surface area is 179 Å². The summed E-state index contributed by atoms with van der Waals surface area (Å²) in [5.41, 5.74) is 2.85. The van der Waals surface area contributed by atoms with E-state index in [9.17, 15) is 13.2 Å². The fourth-order valence-corrected chi connectivity index (χ4v) is 5.84. The van der Waals surface area contributed by atoms with E-state index in [0.717, 1.165) is 37.7 Å². The van der Waals surface area contributed by atoms with Crippen LogP contribution in [-0.2, 0) is 16.6 Å². The van der Waals surface area contributed by atoms with Crippen LogP contribution in [-0.4, -0.2) is 42.2 Å². The molecule has 0 radical (unpaired) electrons. The SMILES string of the molecule is Cc1ccc(CN(C(=O)c2ccc(S(=O)(=O)N3CCCCC3C)cc2)C2CC2)cc1. The highest BCUT2D eigenvalue weighted by Crippen LogP contribution is 2.31. The fraction of sp³-hybridized carbons (Fsp3) is 0.458. The maximum absolute atomic E-state index is 13.2. The number of hydrogen-bond acceptors (Lipinski definition) is 3. The Balaban J connectivity index is 1.52. The molecule has 2 aliphatic rings. The zero-order chi connectivity index (χ0) is 21.3. The van der Waals surface area contributed by atoms with Gasteiger partial charge in [-0.1, -0.05) is 36.2 Å². The van der Waals surface area contributed by atoms with Crippen LogP contribution in [0, 0.1) is 6.92 Å². The van der Waals surface area contributed by atoms with Gasteiger partial charge in [0.25, 0.3) is 5.91 Å². The standard InChI is InChI=1S/C24H30N2O3S/c1-18-6-8-20(9-7-18)17-25(22-12-13-22)24(27)21-10-14-23(15-11-21)30(28,29)26-16-4-3-5-19(26)2/h6-11,14-15,19,22H,3-5,12-13,16-17H2,1-2H3. The molecule has 160 valence electrons. The average Bonchev–Trinajstić information content (AvgIpc) is 3.58. The van der Waals surface area contributed by atoms with Crippen LogP contribution in [0.2, 0.25) is 0 Å². The van der Waals surface area contributed by atoms with Gasteiger partial charge in [-0.15, -0.1) is 0 Å². The first-order chi connectivity index (χ1) is 14.4. The molecule has 1 atom stereocenters. The minimum Gasteiger partial charge on any atom is -0.331 e. The van der Waals surface area contributed by atoms with E-state index in [1.54, 1.807) is 28.6 Å². The third-order valence-electron chi connectivity index (χ3n) is 6.17. The summed E-state index contributed by atoms with van der Waals surface area (Å²) in [6.45, 7) is 5.16. The summed E-state index contributed by atoms with van der Waals surface area (Å²) in [5, 5.41) is 0. The molecule has 0 N–H and O–H groups in total. The van der Waals surface area contributed by atoms with Crippen molar-refractivity contribution in [3.8, 4) is 0 Å². The van der Waals surface area contributed by atoms with Gasteiger partial charge in [0, 0.05) is 30.7 Å². The van der Waals surface area contributed by atoms with Crippen LogP contribution >= 0.6 is 0 Å². The molecule has 2 aromatic carbocycles. The van der Waals surface area contributed by atoms with Crippen LogP contribution in [0.15, 0.2) is 53.4 Å². The molecular formula is C24H30N2O3S. The molecule has 2 aromatic rings. The Bertz CT molecular complexity index is 996. The van der Waals surface area contributed by atoms with Gasteiger partial charge >= 0.3 is 0 Å². The van der Waals surface area contributed by atoms with Crippen molar-refractivity contribution in [2.24, 2.45) is 0 Å². The van der Waals surface area contributed by atoms with E-state index < -0.39 is 10.0 Å². The van der Waals surface area contributed by atoms with Gasteiger partial charge in [0.05, 0.1) is 4.90 Å². The molecule has 0 aromatic heterocycles. The van der Waals surface area contributed by atoms with Gasteiger partial charge in [0.15, 0.2) is 0 Å². The summed E-state index contributed by atoms with van der Waals surface area (Å²) >= 11 is 0. The number of amides is 1. The van der Waals surface area contributed by atoms with Crippen LogP contribution in [0.4, 0.5) is 0 Å². The second kappa shape index (κ2) is 8.52. The highest BCUT2D eigenvalue weighted by Gasteiger charge is 2.34. The second-order valence-corrected chi connectivity index (χ2v) is 10.5. The highest BCUT2D eigenvalue weighted by atomic mass is 32.2. The molecule has 0 bridgehead atoms. The molecule has 1 amide bonds. The Hall–Kier alpha value is -2.18. The molecule has 1 aliphatic heterocycles. The Kier molecular flexibility index (Phi) is 5.98. The maximum Gasteiger partial charge on any atom is 0.254 e. The lowest BCUT2D eigenvalue weighted by molar-refractivity contribution is 0.0730. The van der Waals surface area contributed by atoms with Crippen LogP contribution in [0.5, 0.6) is 0 Å². The van der Waals surface area contributed by atoms with Gasteiger partial charge < -0.3 is 4.90 Å². The molecule has 2 fully saturated rings. The summed E-state index contributed by atoms with van der Waals surface area (Å²) in [6.07, 6.45) is 4.91. The van der Waals surface area contributed by atoms with Gasteiger partial charge in [-0.3, -0.25) is 4.79 Å². The molecule has 1 unspecified atom stereocenters. The van der Waals surface area contributed by atoms with Crippen LogP contribution < -0.4 is 0 Å². The third-order valence-corrected chi connectivity index (χ3v) is 8.20. The number of sulfonamides is 1. The van der Waals surface area contributed by atoms with E-state index in [2.05, 4.69) is 24.3 Å². The molecule has 4 rings (SSSR count). The Morgan fingerprint density at radius 3 is 2.27 bits per heavy atom. The number of piperidine rings is 1. The van der Waals surface area contributed by atoms with Gasteiger partial charge in [0.2, 0.25) is 10.0 Å². The molecule has 1 saturated heterocycles. The van der Waals surface area contributed by atoms with E-state index in [1.807, 2.05) is 18.7 Å². The zero-order valence-corrected chi connectivity index (χ0v) is 18.6. The lowest BCUT2D eigenvalue weighted by Crippen LogP contribution is -2.41. The molecule has 30 heavy (non-hydrogen) atoms. The number of carbonyl (C=O) groups excluding carboxylic acids is 1. The van der Waals surface area contributed by atoms with Crippen molar-refractivity contribution in [1.29, 1.82) is 0 Å². The van der Waals surface area contributed by atoms with Crippen molar-refractivity contribution in [2.45, 2.75) is 69.5 Å².